The van der Waals surface area contributed by atoms with Crippen LogP contribution in [0.2, 0.25) is 0 Å². The molecule has 0 aliphatic heterocycles. The van der Waals surface area contributed by atoms with Gasteiger partial charge in [-0.3, -0.25) is 4.79 Å². The van der Waals surface area contributed by atoms with Crippen LogP contribution >= 0.6 is 0 Å². The third kappa shape index (κ3) is 10.9. The first-order chi connectivity index (χ1) is 15.1. The molecule has 1 amide bonds. The van der Waals surface area contributed by atoms with Crippen molar-refractivity contribution in [1.29, 1.82) is 0 Å². The first kappa shape index (κ1) is 28.0. The quantitative estimate of drug-likeness (QED) is 0.444. The number of carboxylic acids is 2. The summed E-state index contributed by atoms with van der Waals surface area (Å²) < 4.78 is 28.8. The smallest absolute Gasteiger partial charge is 0.408 e. The molecule has 33 heavy (non-hydrogen) atoms. The van der Waals surface area contributed by atoms with Gasteiger partial charge in [-0.25, -0.2) is 14.0 Å². The third-order valence-corrected chi connectivity index (χ3v) is 4.10. The number of halogens is 1. The molecule has 1 rings (SSSR count). The van der Waals surface area contributed by atoms with E-state index in [0.717, 1.165) is 0 Å². The number of hydrogen-bond donors (Lipinski definition) is 3. The van der Waals surface area contributed by atoms with Crippen LogP contribution in [0.4, 0.5) is 9.18 Å². The van der Waals surface area contributed by atoms with Gasteiger partial charge in [0.2, 0.25) is 0 Å². The highest BCUT2D eigenvalue weighted by Crippen LogP contribution is 2.32. The van der Waals surface area contributed by atoms with Crippen LogP contribution < -0.4 is 14.8 Å². The van der Waals surface area contributed by atoms with Crippen LogP contribution in [0, 0.1) is 5.92 Å². The fraction of sp³-hybridized carbons (Fsp3) is 0.609. The van der Waals surface area contributed by atoms with Crippen molar-refractivity contribution in [2.45, 2.75) is 71.6 Å². The summed E-state index contributed by atoms with van der Waals surface area (Å²) in [5.41, 5.74) is -0.880. The second kappa shape index (κ2) is 11.7. The molecule has 0 radical (unpaired) electrons. The predicted molar refractivity (Wildman–Crippen MR) is 119 cm³/mol. The lowest BCUT2D eigenvalue weighted by atomic mass is 9.92. The van der Waals surface area contributed by atoms with E-state index in [9.17, 15) is 29.0 Å². The second-order valence-electron chi connectivity index (χ2n) is 9.55. The molecule has 2 atom stereocenters. The Kier molecular flexibility index (Phi) is 9.94. The Labute approximate surface area is 193 Å². The van der Waals surface area contributed by atoms with Crippen molar-refractivity contribution in [3.05, 3.63) is 23.8 Å². The van der Waals surface area contributed by atoms with Crippen molar-refractivity contribution in [2.75, 3.05) is 13.3 Å². The number of nitrogens with one attached hydrogen (secondary N) is 1. The van der Waals surface area contributed by atoms with E-state index in [2.05, 4.69) is 5.32 Å². The van der Waals surface area contributed by atoms with Gasteiger partial charge >= 0.3 is 18.0 Å². The number of hydrogen-bond acceptors (Lipinski definition) is 6. The summed E-state index contributed by atoms with van der Waals surface area (Å²) in [6, 6.07) is 3.29. The van der Waals surface area contributed by atoms with Gasteiger partial charge < -0.3 is 29.7 Å². The van der Waals surface area contributed by atoms with Gasteiger partial charge in [0.1, 0.15) is 30.5 Å². The molecule has 186 valence electrons. The van der Waals surface area contributed by atoms with Crippen LogP contribution in [-0.4, -0.2) is 58.8 Å². The molecule has 1 unspecified atom stereocenters. The highest BCUT2D eigenvalue weighted by atomic mass is 19.1. The Balaban J connectivity index is 3.07. The summed E-state index contributed by atoms with van der Waals surface area (Å²) in [6.45, 7) is 9.49. The van der Waals surface area contributed by atoms with Gasteiger partial charge in [-0.05, 0) is 72.1 Å². The second-order valence-corrected chi connectivity index (χ2v) is 9.55. The zero-order valence-electron chi connectivity index (χ0n) is 19.9. The van der Waals surface area contributed by atoms with Crippen LogP contribution in [-0.2, 0) is 20.7 Å². The Hall–Kier alpha value is -3.04. The number of carboxylic acid groups (broad SMARTS) is 2. The molecule has 0 spiro atoms. The van der Waals surface area contributed by atoms with Crippen LogP contribution in [0.15, 0.2) is 18.2 Å². The summed E-state index contributed by atoms with van der Waals surface area (Å²) in [6.07, 6.45) is -1.34. The molecule has 1 aromatic rings. The number of ether oxygens (including phenoxy) is 3. The zero-order valence-corrected chi connectivity index (χ0v) is 19.9. The molecule has 0 aliphatic carbocycles. The van der Waals surface area contributed by atoms with Gasteiger partial charge in [-0.2, -0.15) is 0 Å². The Morgan fingerprint density at radius 1 is 1.00 bits per heavy atom. The van der Waals surface area contributed by atoms with Crippen LogP contribution in [0.25, 0.3) is 0 Å². The summed E-state index contributed by atoms with van der Waals surface area (Å²) in [5.74, 6) is -3.09. The Morgan fingerprint density at radius 2 is 1.64 bits per heavy atom. The molecule has 0 bridgehead atoms. The normalized spacial score (nSPS) is 13.5. The standard InChI is InChI=1S/C23H34FNO8/c1-22(2,3)32-18-12-14(7-8-17(18)31-10-9-24)11-15(19(26)27)13-16(20(28)29)25-21(30)33-23(4,5)6/h7-8,12,15-16H,9-11,13H2,1-6H3,(H,25,30)(H,26,27)(H,28,29)/t15-,16?/m0/s1. The fourth-order valence-electron chi connectivity index (χ4n) is 2.87. The summed E-state index contributed by atoms with van der Waals surface area (Å²) in [4.78, 5) is 35.5. The average Bonchev–Trinajstić information content (AvgIpc) is 2.63. The molecular formula is C23H34FNO8. The lowest BCUT2D eigenvalue weighted by Crippen LogP contribution is -2.45. The number of rotatable bonds is 11. The number of amides is 1. The van der Waals surface area contributed by atoms with Crippen molar-refractivity contribution < 1.29 is 43.2 Å². The molecule has 3 N–H and O–H groups in total. The maximum Gasteiger partial charge on any atom is 0.408 e. The predicted octanol–water partition coefficient (Wildman–Crippen LogP) is 3.82. The zero-order chi connectivity index (χ0) is 25.4. The lowest BCUT2D eigenvalue weighted by molar-refractivity contribution is -0.144. The van der Waals surface area contributed by atoms with Crippen molar-refractivity contribution in [1.82, 2.24) is 5.32 Å². The monoisotopic (exact) mass is 471 g/mol. The minimum absolute atomic E-state index is 0.0288. The fourth-order valence-corrected chi connectivity index (χ4v) is 2.87. The van der Waals surface area contributed by atoms with Crippen LogP contribution in [0.1, 0.15) is 53.5 Å². The highest BCUT2D eigenvalue weighted by Gasteiger charge is 2.30. The van der Waals surface area contributed by atoms with E-state index in [-0.39, 0.29) is 19.4 Å². The van der Waals surface area contributed by atoms with Gasteiger partial charge in [0.25, 0.3) is 0 Å². The molecule has 10 heteroatoms. The molecule has 0 saturated carbocycles. The summed E-state index contributed by atoms with van der Waals surface area (Å²) in [7, 11) is 0. The molecule has 0 saturated heterocycles. The molecule has 0 heterocycles. The number of carbonyl (C=O) groups excluding carboxylic acids is 1. The van der Waals surface area contributed by atoms with E-state index >= 15 is 0 Å². The minimum Gasteiger partial charge on any atom is -0.487 e. The number of benzene rings is 1. The Bertz CT molecular complexity index is 829. The first-order valence-electron chi connectivity index (χ1n) is 10.6. The molecule has 0 fully saturated rings. The van der Waals surface area contributed by atoms with Crippen molar-refractivity contribution >= 4 is 18.0 Å². The minimum atomic E-state index is -1.46. The van der Waals surface area contributed by atoms with E-state index in [1.54, 1.807) is 39.0 Å². The first-order valence-corrected chi connectivity index (χ1v) is 10.6. The van der Waals surface area contributed by atoms with Gasteiger partial charge in [0.15, 0.2) is 11.5 Å². The molecule has 9 nitrogen and oxygen atoms in total. The van der Waals surface area contributed by atoms with Crippen LogP contribution in [0.3, 0.4) is 0 Å². The molecule has 0 aliphatic rings. The number of alkyl halides is 1. The van der Waals surface area contributed by atoms with Crippen molar-refractivity contribution in [3.8, 4) is 11.5 Å². The van der Waals surface area contributed by atoms with E-state index in [4.69, 9.17) is 14.2 Å². The van der Waals surface area contributed by atoms with Gasteiger partial charge in [-0.15, -0.1) is 0 Å². The molecule has 0 aromatic heterocycles. The summed E-state index contributed by atoms with van der Waals surface area (Å²) in [5, 5.41) is 21.4. The highest BCUT2D eigenvalue weighted by molar-refractivity contribution is 5.81. The SMILES string of the molecule is CC(C)(C)OC(=O)NC(C[C@H](Cc1ccc(OCCF)c(OC(C)(C)C)c1)C(=O)O)C(=O)O. The number of aliphatic carboxylic acids is 2. The number of carbonyl (C=O) groups is 3. The van der Waals surface area contributed by atoms with Gasteiger partial charge in [0, 0.05) is 0 Å². The van der Waals surface area contributed by atoms with E-state index < -0.39 is 47.9 Å². The van der Waals surface area contributed by atoms with Crippen LogP contribution in [0.5, 0.6) is 11.5 Å². The maximum absolute atomic E-state index is 12.5. The Morgan fingerprint density at radius 3 is 2.12 bits per heavy atom. The largest absolute Gasteiger partial charge is 0.487 e. The van der Waals surface area contributed by atoms with Gasteiger partial charge in [0.05, 0.1) is 5.92 Å². The van der Waals surface area contributed by atoms with Gasteiger partial charge in [-0.1, -0.05) is 6.07 Å². The van der Waals surface area contributed by atoms with Crippen molar-refractivity contribution in [2.24, 2.45) is 5.92 Å². The van der Waals surface area contributed by atoms with E-state index in [0.29, 0.717) is 17.1 Å². The number of alkyl carbamates (subject to hydrolysis) is 1. The topological polar surface area (TPSA) is 131 Å². The third-order valence-electron chi connectivity index (χ3n) is 4.10. The molecule has 1 aromatic carbocycles. The summed E-state index contributed by atoms with van der Waals surface area (Å²) >= 11 is 0. The van der Waals surface area contributed by atoms with E-state index in [1.165, 1.54) is 0 Å². The lowest BCUT2D eigenvalue weighted by Gasteiger charge is -2.25. The van der Waals surface area contributed by atoms with E-state index in [1.807, 2.05) is 20.8 Å². The van der Waals surface area contributed by atoms with Crippen molar-refractivity contribution in [3.63, 3.8) is 0 Å². The average molecular weight is 472 g/mol. The molecular weight excluding hydrogens is 437 g/mol. The maximum atomic E-state index is 12.5.